The zero-order valence-corrected chi connectivity index (χ0v) is 17.9. The fraction of sp³-hybridized carbons (Fsp3) is 0.360. The number of anilines is 3. The van der Waals surface area contributed by atoms with Gasteiger partial charge >= 0.3 is 0 Å². The van der Waals surface area contributed by atoms with Crippen LogP contribution in [-0.2, 0) is 13.0 Å². The highest BCUT2D eigenvalue weighted by molar-refractivity contribution is 5.60. The smallest absolute Gasteiger partial charge is 0.135 e. The Hall–Kier alpha value is -2.96. The van der Waals surface area contributed by atoms with Gasteiger partial charge in [-0.2, -0.15) is 0 Å². The molecule has 0 aliphatic carbocycles. The first-order valence-electron chi connectivity index (χ1n) is 11.1. The van der Waals surface area contributed by atoms with Crippen molar-refractivity contribution in [2.45, 2.75) is 38.5 Å². The van der Waals surface area contributed by atoms with Crippen LogP contribution in [-0.4, -0.2) is 51.8 Å². The normalized spacial score (nSPS) is 21.5. The van der Waals surface area contributed by atoms with Crippen LogP contribution in [0.2, 0.25) is 0 Å². The van der Waals surface area contributed by atoms with Gasteiger partial charge < -0.3 is 15.3 Å². The summed E-state index contributed by atoms with van der Waals surface area (Å²) in [6, 6.07) is 19.0. The molecule has 0 bridgehead atoms. The van der Waals surface area contributed by atoms with Gasteiger partial charge in [-0.05, 0) is 48.6 Å². The monoisotopic (exact) mass is 415 g/mol. The molecule has 1 aromatic heterocycles. The third-order valence-corrected chi connectivity index (χ3v) is 6.44. The van der Waals surface area contributed by atoms with Gasteiger partial charge in [0.05, 0.1) is 6.10 Å². The summed E-state index contributed by atoms with van der Waals surface area (Å²) in [5.41, 5.74) is 5.05. The van der Waals surface area contributed by atoms with Crippen molar-refractivity contribution in [2.75, 3.05) is 29.9 Å². The van der Waals surface area contributed by atoms with Crippen LogP contribution in [0.4, 0.5) is 17.3 Å². The molecule has 1 fully saturated rings. The number of piperidine rings is 1. The molecular weight excluding hydrogens is 386 g/mol. The molecule has 2 N–H and O–H groups in total. The van der Waals surface area contributed by atoms with Gasteiger partial charge in [-0.25, -0.2) is 9.97 Å². The van der Waals surface area contributed by atoms with Gasteiger partial charge in [-0.15, -0.1) is 0 Å². The lowest BCUT2D eigenvalue weighted by molar-refractivity contribution is 0.0293. The van der Waals surface area contributed by atoms with Gasteiger partial charge in [0, 0.05) is 44.0 Å². The van der Waals surface area contributed by atoms with E-state index in [4.69, 9.17) is 0 Å². The van der Waals surface area contributed by atoms with E-state index in [-0.39, 0.29) is 6.04 Å². The second kappa shape index (κ2) is 8.65. The van der Waals surface area contributed by atoms with Crippen LogP contribution < -0.4 is 10.2 Å². The summed E-state index contributed by atoms with van der Waals surface area (Å²) < 4.78 is 0. The Morgan fingerprint density at radius 2 is 1.87 bits per heavy atom. The molecule has 0 radical (unpaired) electrons. The Morgan fingerprint density at radius 3 is 2.71 bits per heavy atom. The van der Waals surface area contributed by atoms with E-state index in [1.807, 2.05) is 18.2 Å². The van der Waals surface area contributed by atoms with Crippen molar-refractivity contribution in [1.29, 1.82) is 0 Å². The summed E-state index contributed by atoms with van der Waals surface area (Å²) in [6.45, 7) is 5.47. The number of nitrogens with one attached hydrogen (secondary N) is 1. The number of aliphatic hydroxyl groups is 1. The van der Waals surface area contributed by atoms with Crippen LogP contribution in [0.15, 0.2) is 60.9 Å². The van der Waals surface area contributed by atoms with E-state index in [9.17, 15) is 5.11 Å². The molecule has 0 amide bonds. The predicted octanol–water partition coefficient (Wildman–Crippen LogP) is 3.53. The van der Waals surface area contributed by atoms with Crippen molar-refractivity contribution in [1.82, 2.24) is 14.9 Å². The largest absolute Gasteiger partial charge is 0.390 e. The van der Waals surface area contributed by atoms with E-state index < -0.39 is 6.10 Å². The van der Waals surface area contributed by atoms with E-state index in [1.54, 1.807) is 6.33 Å². The summed E-state index contributed by atoms with van der Waals surface area (Å²) in [4.78, 5) is 13.5. The lowest BCUT2D eigenvalue weighted by atomic mass is 9.94. The van der Waals surface area contributed by atoms with Gasteiger partial charge in [0.2, 0.25) is 0 Å². The zero-order chi connectivity index (χ0) is 21.2. The molecule has 160 valence electrons. The average Bonchev–Trinajstić information content (AvgIpc) is 2.79. The molecule has 3 heterocycles. The fourth-order valence-corrected chi connectivity index (χ4v) is 4.81. The van der Waals surface area contributed by atoms with Crippen molar-refractivity contribution in [3.05, 3.63) is 77.6 Å². The first kappa shape index (κ1) is 20.0. The van der Waals surface area contributed by atoms with Gasteiger partial charge in [-0.1, -0.05) is 36.4 Å². The SMILES string of the molecule is Cc1cccc(Nc2cc(N3CC[C@@H](N4CCc5ccccc5C4)[C@H](O)C3)ncn2)c1. The molecule has 5 rings (SSSR count). The number of benzene rings is 2. The lowest BCUT2D eigenvalue weighted by Gasteiger charge is -2.43. The molecule has 2 atom stereocenters. The van der Waals surface area contributed by atoms with Crippen LogP contribution in [0.3, 0.4) is 0 Å². The predicted molar refractivity (Wildman–Crippen MR) is 124 cm³/mol. The van der Waals surface area contributed by atoms with Crippen LogP contribution in [0, 0.1) is 6.92 Å². The molecule has 6 heteroatoms. The average molecular weight is 416 g/mol. The summed E-state index contributed by atoms with van der Waals surface area (Å²) in [5, 5.41) is 14.4. The topological polar surface area (TPSA) is 64.5 Å². The summed E-state index contributed by atoms with van der Waals surface area (Å²) in [6.07, 6.45) is 3.17. The Balaban J connectivity index is 1.25. The molecule has 1 saturated heterocycles. The number of fused-ring (bicyclic) bond motifs is 1. The van der Waals surface area contributed by atoms with Crippen LogP contribution >= 0.6 is 0 Å². The Labute approximate surface area is 183 Å². The Bertz CT molecular complexity index is 1060. The highest BCUT2D eigenvalue weighted by Gasteiger charge is 2.34. The number of hydrogen-bond acceptors (Lipinski definition) is 6. The highest BCUT2D eigenvalue weighted by Crippen LogP contribution is 2.27. The van der Waals surface area contributed by atoms with Crippen molar-refractivity contribution >= 4 is 17.3 Å². The molecule has 0 unspecified atom stereocenters. The minimum absolute atomic E-state index is 0.191. The molecule has 3 aromatic rings. The molecular formula is C25H29N5O. The summed E-state index contributed by atoms with van der Waals surface area (Å²) in [5.74, 6) is 1.62. The van der Waals surface area contributed by atoms with Crippen LogP contribution in [0.1, 0.15) is 23.1 Å². The summed E-state index contributed by atoms with van der Waals surface area (Å²) >= 11 is 0. The minimum Gasteiger partial charge on any atom is -0.390 e. The second-order valence-electron chi connectivity index (χ2n) is 8.61. The number of aryl methyl sites for hydroxylation is 1. The van der Waals surface area contributed by atoms with Gasteiger partial charge in [0.15, 0.2) is 0 Å². The van der Waals surface area contributed by atoms with Gasteiger partial charge in [0.25, 0.3) is 0 Å². The van der Waals surface area contributed by atoms with Gasteiger partial charge in [0.1, 0.15) is 18.0 Å². The molecule has 0 saturated carbocycles. The second-order valence-corrected chi connectivity index (χ2v) is 8.61. The maximum absolute atomic E-state index is 11.0. The van der Waals surface area contributed by atoms with Crippen LogP contribution in [0.5, 0.6) is 0 Å². The number of aliphatic hydroxyl groups excluding tert-OH is 1. The zero-order valence-electron chi connectivity index (χ0n) is 17.9. The van der Waals surface area contributed by atoms with Crippen molar-refractivity contribution in [3.8, 4) is 0 Å². The van der Waals surface area contributed by atoms with E-state index in [0.29, 0.717) is 6.54 Å². The minimum atomic E-state index is -0.401. The molecule has 31 heavy (non-hydrogen) atoms. The number of rotatable bonds is 4. The maximum atomic E-state index is 11.0. The number of hydrogen-bond donors (Lipinski definition) is 2. The molecule has 6 nitrogen and oxygen atoms in total. The standard InChI is InChI=1S/C25H29N5O/c1-18-5-4-8-21(13-18)28-24-14-25(27-17-26-24)30-12-10-22(23(31)16-30)29-11-9-19-6-2-3-7-20(19)15-29/h2-8,13-14,17,22-23,31H,9-12,15-16H2,1H3,(H,26,27,28)/t22-,23-/m1/s1. The quantitative estimate of drug-likeness (QED) is 0.680. The third-order valence-electron chi connectivity index (χ3n) is 6.44. The Morgan fingerprint density at radius 1 is 1.00 bits per heavy atom. The van der Waals surface area contributed by atoms with E-state index in [2.05, 4.69) is 68.4 Å². The molecule has 2 aromatic carbocycles. The molecule has 2 aliphatic heterocycles. The Kier molecular flexibility index (Phi) is 5.57. The summed E-state index contributed by atoms with van der Waals surface area (Å²) in [7, 11) is 0. The first-order valence-corrected chi connectivity index (χ1v) is 11.1. The van der Waals surface area contributed by atoms with E-state index in [1.165, 1.54) is 16.7 Å². The van der Waals surface area contributed by atoms with E-state index >= 15 is 0 Å². The maximum Gasteiger partial charge on any atom is 0.135 e. The lowest BCUT2D eigenvalue weighted by Crippen LogP contribution is -2.55. The highest BCUT2D eigenvalue weighted by atomic mass is 16.3. The molecule has 0 spiro atoms. The van der Waals surface area contributed by atoms with Gasteiger partial charge in [-0.3, -0.25) is 4.90 Å². The first-order chi connectivity index (χ1) is 15.2. The van der Waals surface area contributed by atoms with Crippen molar-refractivity contribution < 1.29 is 5.11 Å². The van der Waals surface area contributed by atoms with Crippen LogP contribution in [0.25, 0.3) is 0 Å². The third kappa shape index (κ3) is 4.40. The number of aromatic nitrogens is 2. The van der Waals surface area contributed by atoms with Crippen molar-refractivity contribution in [3.63, 3.8) is 0 Å². The molecule has 2 aliphatic rings. The van der Waals surface area contributed by atoms with E-state index in [0.717, 1.165) is 49.8 Å². The number of nitrogens with zero attached hydrogens (tertiary/aromatic N) is 4. The van der Waals surface area contributed by atoms with Crippen molar-refractivity contribution in [2.24, 2.45) is 0 Å². The fourth-order valence-electron chi connectivity index (χ4n) is 4.81. The number of β-amino-alcohol motifs (C(OH)–C–C–N with tert-alkyl or cyclic N) is 1.